The molecule has 2 aromatic carbocycles. The summed E-state index contributed by atoms with van der Waals surface area (Å²) in [6, 6.07) is 17.1. The fourth-order valence-electron chi connectivity index (χ4n) is 1.69. The first kappa shape index (κ1) is 12.4. The van der Waals surface area contributed by atoms with Crippen LogP contribution in [0.5, 0.6) is 5.75 Å². The Labute approximate surface area is 107 Å². The predicted molar refractivity (Wildman–Crippen MR) is 71.7 cm³/mol. The fourth-order valence-corrected chi connectivity index (χ4v) is 1.69. The Kier molecular flexibility index (Phi) is 3.78. The topological polar surface area (TPSA) is 26.3 Å². The maximum Gasteiger partial charge on any atom is 0.318 e. The van der Waals surface area contributed by atoms with Gasteiger partial charge in [0, 0.05) is 0 Å². The van der Waals surface area contributed by atoms with E-state index in [1.54, 1.807) is 0 Å². The molecule has 0 amide bonds. The van der Waals surface area contributed by atoms with Crippen LogP contribution in [0.3, 0.4) is 0 Å². The zero-order chi connectivity index (χ0) is 13.0. The van der Waals surface area contributed by atoms with E-state index < -0.39 is 0 Å². The highest BCUT2D eigenvalue weighted by atomic mass is 16.5. The van der Waals surface area contributed by atoms with Crippen LogP contribution in [0.4, 0.5) is 0 Å². The van der Waals surface area contributed by atoms with Gasteiger partial charge in [-0.2, -0.15) is 0 Å². The van der Waals surface area contributed by atoms with E-state index in [2.05, 4.69) is 0 Å². The maximum atomic E-state index is 12.0. The zero-order valence-corrected chi connectivity index (χ0v) is 10.6. The van der Waals surface area contributed by atoms with Crippen LogP contribution in [0.2, 0.25) is 0 Å². The number of esters is 1. The highest BCUT2D eigenvalue weighted by Crippen LogP contribution is 2.19. The monoisotopic (exact) mass is 240 g/mol. The van der Waals surface area contributed by atoms with Gasteiger partial charge < -0.3 is 4.74 Å². The van der Waals surface area contributed by atoms with Gasteiger partial charge in [-0.15, -0.1) is 0 Å². The van der Waals surface area contributed by atoms with E-state index in [9.17, 15) is 4.79 Å². The maximum absolute atomic E-state index is 12.0. The Bertz CT molecular complexity index is 515. The Hall–Kier alpha value is -2.09. The molecule has 2 heteroatoms. The molecule has 0 aliphatic rings. The van der Waals surface area contributed by atoms with Crippen molar-refractivity contribution >= 4 is 5.97 Å². The molecule has 0 saturated carbocycles. The third kappa shape index (κ3) is 2.98. The lowest BCUT2D eigenvalue weighted by atomic mass is 10.0. The van der Waals surface area contributed by atoms with Gasteiger partial charge in [0.25, 0.3) is 0 Å². The summed E-state index contributed by atoms with van der Waals surface area (Å²) in [4.78, 5) is 12.0. The first-order chi connectivity index (χ1) is 8.66. The van der Waals surface area contributed by atoms with E-state index in [0.717, 1.165) is 11.1 Å². The molecular weight excluding hydrogens is 224 g/mol. The summed E-state index contributed by atoms with van der Waals surface area (Å²) < 4.78 is 5.35. The summed E-state index contributed by atoms with van der Waals surface area (Å²) in [6.07, 6.45) is 0. The van der Waals surface area contributed by atoms with Crippen molar-refractivity contribution in [3.63, 3.8) is 0 Å². The number of carbonyl (C=O) groups excluding carboxylic acids is 1. The standard InChI is InChI=1S/C16H16O2/c1-12-8-10-15(11-9-12)18-16(17)13(2)14-6-4-3-5-7-14/h3-11,13H,1-2H3/t13-/m0/s1. The molecule has 0 radical (unpaired) electrons. The van der Waals surface area contributed by atoms with Gasteiger partial charge in [-0.25, -0.2) is 0 Å². The van der Waals surface area contributed by atoms with Crippen molar-refractivity contribution in [1.29, 1.82) is 0 Å². The first-order valence-corrected chi connectivity index (χ1v) is 6.00. The van der Waals surface area contributed by atoms with Crippen LogP contribution in [0.15, 0.2) is 54.6 Å². The second kappa shape index (κ2) is 5.50. The number of aryl methyl sites for hydroxylation is 1. The average molecular weight is 240 g/mol. The highest BCUT2D eigenvalue weighted by Gasteiger charge is 2.16. The van der Waals surface area contributed by atoms with Crippen LogP contribution in [0.1, 0.15) is 24.0 Å². The highest BCUT2D eigenvalue weighted by molar-refractivity contribution is 5.79. The summed E-state index contributed by atoms with van der Waals surface area (Å²) >= 11 is 0. The van der Waals surface area contributed by atoms with Crippen molar-refractivity contribution in [2.45, 2.75) is 19.8 Å². The Morgan fingerprint density at radius 3 is 2.22 bits per heavy atom. The summed E-state index contributed by atoms with van der Waals surface area (Å²) in [5.74, 6) is 0.103. The van der Waals surface area contributed by atoms with E-state index in [0.29, 0.717) is 5.75 Å². The molecule has 2 aromatic rings. The normalized spacial score (nSPS) is 11.9. The number of hydrogen-bond acceptors (Lipinski definition) is 2. The van der Waals surface area contributed by atoms with Gasteiger partial charge in [0.05, 0.1) is 5.92 Å². The number of benzene rings is 2. The van der Waals surface area contributed by atoms with Gasteiger partial charge in [-0.3, -0.25) is 4.79 Å². The van der Waals surface area contributed by atoms with E-state index in [1.165, 1.54) is 0 Å². The second-order valence-corrected chi connectivity index (χ2v) is 4.37. The van der Waals surface area contributed by atoms with Crippen molar-refractivity contribution in [2.75, 3.05) is 0 Å². The minimum absolute atomic E-state index is 0.231. The number of hydrogen-bond donors (Lipinski definition) is 0. The van der Waals surface area contributed by atoms with Gasteiger partial charge in [-0.1, -0.05) is 48.0 Å². The molecule has 0 N–H and O–H groups in total. The lowest BCUT2D eigenvalue weighted by Gasteiger charge is -2.11. The van der Waals surface area contributed by atoms with Gasteiger partial charge in [0.1, 0.15) is 5.75 Å². The average Bonchev–Trinajstić information content (AvgIpc) is 2.41. The van der Waals surface area contributed by atoms with Gasteiger partial charge in [0.15, 0.2) is 0 Å². The number of rotatable bonds is 3. The van der Waals surface area contributed by atoms with Crippen LogP contribution in [0, 0.1) is 6.92 Å². The van der Waals surface area contributed by atoms with Crippen LogP contribution in [0.25, 0.3) is 0 Å². The van der Waals surface area contributed by atoms with Gasteiger partial charge in [-0.05, 0) is 31.5 Å². The van der Waals surface area contributed by atoms with Gasteiger partial charge >= 0.3 is 5.97 Å². The van der Waals surface area contributed by atoms with Crippen molar-refractivity contribution in [3.05, 3.63) is 65.7 Å². The number of ether oxygens (including phenoxy) is 1. The van der Waals surface area contributed by atoms with Crippen LogP contribution in [-0.4, -0.2) is 5.97 Å². The molecule has 0 fully saturated rings. The van der Waals surface area contributed by atoms with Crippen molar-refractivity contribution < 1.29 is 9.53 Å². The van der Waals surface area contributed by atoms with E-state index in [4.69, 9.17) is 4.74 Å². The van der Waals surface area contributed by atoms with Crippen LogP contribution >= 0.6 is 0 Å². The third-order valence-corrected chi connectivity index (χ3v) is 2.89. The molecule has 0 spiro atoms. The molecule has 0 heterocycles. The molecule has 0 aliphatic carbocycles. The molecule has 18 heavy (non-hydrogen) atoms. The summed E-state index contributed by atoms with van der Waals surface area (Å²) in [7, 11) is 0. The Morgan fingerprint density at radius 2 is 1.61 bits per heavy atom. The molecule has 92 valence electrons. The van der Waals surface area contributed by atoms with Crippen molar-refractivity contribution in [2.24, 2.45) is 0 Å². The quantitative estimate of drug-likeness (QED) is 0.604. The zero-order valence-electron chi connectivity index (χ0n) is 10.6. The molecule has 0 bridgehead atoms. The number of carbonyl (C=O) groups is 1. The van der Waals surface area contributed by atoms with Crippen LogP contribution in [-0.2, 0) is 4.79 Å². The minimum Gasteiger partial charge on any atom is -0.426 e. The second-order valence-electron chi connectivity index (χ2n) is 4.37. The molecule has 0 unspecified atom stereocenters. The molecule has 0 saturated heterocycles. The fraction of sp³-hybridized carbons (Fsp3) is 0.188. The molecule has 2 rings (SSSR count). The molecule has 1 atom stereocenters. The summed E-state index contributed by atoms with van der Waals surface area (Å²) in [5, 5.41) is 0. The van der Waals surface area contributed by atoms with Crippen LogP contribution < -0.4 is 4.74 Å². The summed E-state index contributed by atoms with van der Waals surface area (Å²) in [6.45, 7) is 3.85. The lowest BCUT2D eigenvalue weighted by Crippen LogP contribution is -2.16. The van der Waals surface area contributed by atoms with E-state index in [-0.39, 0.29) is 11.9 Å². The molecule has 0 aromatic heterocycles. The van der Waals surface area contributed by atoms with E-state index in [1.807, 2.05) is 68.4 Å². The molecular formula is C16H16O2. The predicted octanol–water partition coefficient (Wildman–Crippen LogP) is 3.70. The molecule has 2 nitrogen and oxygen atoms in total. The SMILES string of the molecule is Cc1ccc(OC(=O)[C@@H](C)c2ccccc2)cc1. The third-order valence-electron chi connectivity index (χ3n) is 2.89. The smallest absolute Gasteiger partial charge is 0.318 e. The Morgan fingerprint density at radius 1 is 1.00 bits per heavy atom. The van der Waals surface area contributed by atoms with E-state index >= 15 is 0 Å². The lowest BCUT2D eigenvalue weighted by molar-refractivity contribution is -0.135. The van der Waals surface area contributed by atoms with Gasteiger partial charge in [0.2, 0.25) is 0 Å². The summed E-state index contributed by atoms with van der Waals surface area (Å²) in [5.41, 5.74) is 2.11. The van der Waals surface area contributed by atoms with Crippen molar-refractivity contribution in [1.82, 2.24) is 0 Å². The van der Waals surface area contributed by atoms with Crippen molar-refractivity contribution in [3.8, 4) is 5.75 Å². The molecule has 0 aliphatic heterocycles. The largest absolute Gasteiger partial charge is 0.426 e. The first-order valence-electron chi connectivity index (χ1n) is 6.00. The Balaban J connectivity index is 2.06. The minimum atomic E-state index is -0.257.